The van der Waals surface area contributed by atoms with E-state index in [1.165, 1.54) is 12.1 Å². The summed E-state index contributed by atoms with van der Waals surface area (Å²) in [5.41, 5.74) is 5.62. The molecule has 0 atom stereocenters. The van der Waals surface area contributed by atoms with Gasteiger partial charge in [-0.05, 0) is 30.3 Å². The first-order chi connectivity index (χ1) is 9.44. The molecule has 2 aromatic rings. The van der Waals surface area contributed by atoms with E-state index in [0.29, 0.717) is 0 Å². The minimum Gasteiger partial charge on any atom is -0.398 e. The summed E-state index contributed by atoms with van der Waals surface area (Å²) in [7, 11) is -3.99. The predicted octanol–water partition coefficient (Wildman–Crippen LogP) is 2.08. The number of nitriles is 1. The van der Waals surface area contributed by atoms with Gasteiger partial charge in [-0.15, -0.1) is 0 Å². The van der Waals surface area contributed by atoms with Crippen LogP contribution in [0.25, 0.3) is 0 Å². The molecule has 0 aromatic heterocycles. The zero-order chi connectivity index (χ0) is 14.8. The molecular formula is C13H10FN3O2S. The smallest absolute Gasteiger partial charge is 0.263 e. The van der Waals surface area contributed by atoms with Crippen LogP contribution in [0, 0.1) is 17.1 Å². The Morgan fingerprint density at radius 1 is 1.20 bits per heavy atom. The highest BCUT2D eigenvalue weighted by molar-refractivity contribution is 7.92. The highest BCUT2D eigenvalue weighted by Gasteiger charge is 2.19. The van der Waals surface area contributed by atoms with Crippen LogP contribution >= 0.6 is 0 Å². The average Bonchev–Trinajstić information content (AvgIpc) is 2.38. The van der Waals surface area contributed by atoms with Crippen molar-refractivity contribution in [1.82, 2.24) is 0 Å². The lowest BCUT2D eigenvalue weighted by molar-refractivity contribution is 0.600. The first-order valence-corrected chi connectivity index (χ1v) is 6.99. The number of para-hydroxylation sites is 1. The van der Waals surface area contributed by atoms with Crippen molar-refractivity contribution < 1.29 is 12.8 Å². The number of hydrogen-bond acceptors (Lipinski definition) is 4. The largest absolute Gasteiger partial charge is 0.398 e. The first-order valence-electron chi connectivity index (χ1n) is 5.51. The van der Waals surface area contributed by atoms with Crippen molar-refractivity contribution in [2.45, 2.75) is 4.90 Å². The second-order valence-corrected chi connectivity index (χ2v) is 5.60. The lowest BCUT2D eigenvalue weighted by Crippen LogP contribution is -2.15. The molecule has 7 heteroatoms. The van der Waals surface area contributed by atoms with Gasteiger partial charge in [0, 0.05) is 0 Å². The maximum atomic E-state index is 12.9. The Hall–Kier alpha value is -2.59. The zero-order valence-corrected chi connectivity index (χ0v) is 11.0. The topological polar surface area (TPSA) is 96.0 Å². The third kappa shape index (κ3) is 2.70. The van der Waals surface area contributed by atoms with Gasteiger partial charge in [0.1, 0.15) is 16.8 Å². The Balaban J connectivity index is 2.44. The summed E-state index contributed by atoms with van der Waals surface area (Å²) in [5.74, 6) is -0.626. The lowest BCUT2D eigenvalue weighted by atomic mass is 10.2. The van der Waals surface area contributed by atoms with Crippen molar-refractivity contribution in [2.24, 2.45) is 0 Å². The second-order valence-electron chi connectivity index (χ2n) is 3.95. The monoisotopic (exact) mass is 291 g/mol. The predicted molar refractivity (Wildman–Crippen MR) is 72.8 cm³/mol. The van der Waals surface area contributed by atoms with Crippen LogP contribution in [0.3, 0.4) is 0 Å². The SMILES string of the molecule is N#Cc1ccccc1NS(=O)(=O)c1ccc(F)cc1N. The van der Waals surface area contributed by atoms with Gasteiger partial charge >= 0.3 is 0 Å². The fourth-order valence-electron chi connectivity index (χ4n) is 1.63. The standard InChI is InChI=1S/C13H10FN3O2S/c14-10-5-6-13(11(16)7-10)20(18,19)17-12-4-2-1-3-9(12)8-15/h1-7,17H,16H2. The number of nitrogen functional groups attached to an aromatic ring is 1. The summed E-state index contributed by atoms with van der Waals surface area (Å²) < 4.78 is 39.6. The van der Waals surface area contributed by atoms with Gasteiger partial charge in [-0.25, -0.2) is 12.8 Å². The molecule has 0 aliphatic heterocycles. The minimum absolute atomic E-state index is 0.138. The Bertz CT molecular complexity index is 798. The van der Waals surface area contributed by atoms with Crippen LogP contribution in [0.15, 0.2) is 47.4 Å². The van der Waals surface area contributed by atoms with Crippen LogP contribution in [0.1, 0.15) is 5.56 Å². The summed E-state index contributed by atoms with van der Waals surface area (Å²) >= 11 is 0. The maximum Gasteiger partial charge on any atom is 0.263 e. The molecule has 0 radical (unpaired) electrons. The van der Waals surface area contributed by atoms with Gasteiger partial charge in [0.2, 0.25) is 0 Å². The number of nitrogens with one attached hydrogen (secondary N) is 1. The van der Waals surface area contributed by atoms with Gasteiger partial charge in [0.05, 0.1) is 16.9 Å². The molecule has 0 unspecified atom stereocenters. The van der Waals surface area contributed by atoms with Gasteiger partial charge in [0.15, 0.2) is 0 Å². The van der Waals surface area contributed by atoms with E-state index in [1.807, 2.05) is 6.07 Å². The van der Waals surface area contributed by atoms with Crippen LogP contribution in [0.2, 0.25) is 0 Å². The molecule has 0 heterocycles. The molecule has 0 spiro atoms. The molecule has 20 heavy (non-hydrogen) atoms. The maximum absolute atomic E-state index is 12.9. The van der Waals surface area contributed by atoms with Crippen LogP contribution in [-0.4, -0.2) is 8.42 Å². The molecule has 0 fully saturated rings. The van der Waals surface area contributed by atoms with Crippen LogP contribution in [-0.2, 0) is 10.0 Å². The Labute approximate surface area is 115 Å². The number of halogens is 1. The van der Waals surface area contributed by atoms with Gasteiger partial charge in [0.25, 0.3) is 10.0 Å². The zero-order valence-electron chi connectivity index (χ0n) is 10.2. The molecule has 0 aliphatic rings. The Morgan fingerprint density at radius 2 is 1.90 bits per heavy atom. The highest BCUT2D eigenvalue weighted by Crippen LogP contribution is 2.23. The van der Waals surface area contributed by atoms with Crippen LogP contribution < -0.4 is 10.5 Å². The second kappa shape index (κ2) is 5.19. The van der Waals surface area contributed by atoms with Crippen molar-refractivity contribution in [1.29, 1.82) is 5.26 Å². The fraction of sp³-hybridized carbons (Fsp3) is 0. The van der Waals surface area contributed by atoms with E-state index in [0.717, 1.165) is 18.2 Å². The molecule has 5 nitrogen and oxygen atoms in total. The van der Waals surface area contributed by atoms with E-state index < -0.39 is 15.8 Å². The number of sulfonamides is 1. The van der Waals surface area contributed by atoms with Gasteiger partial charge in [-0.1, -0.05) is 12.1 Å². The molecule has 2 rings (SSSR count). The molecule has 0 saturated heterocycles. The van der Waals surface area contributed by atoms with E-state index in [1.54, 1.807) is 12.1 Å². The molecule has 0 saturated carbocycles. The van der Waals surface area contributed by atoms with Crippen molar-refractivity contribution in [3.8, 4) is 6.07 Å². The molecule has 3 N–H and O–H groups in total. The van der Waals surface area contributed by atoms with Gasteiger partial charge in [-0.2, -0.15) is 5.26 Å². The normalized spacial score (nSPS) is 10.8. The molecule has 0 aliphatic carbocycles. The highest BCUT2D eigenvalue weighted by atomic mass is 32.2. The number of benzene rings is 2. The minimum atomic E-state index is -3.99. The van der Waals surface area contributed by atoms with Crippen molar-refractivity contribution >= 4 is 21.4 Å². The molecule has 0 bridgehead atoms. The summed E-state index contributed by atoms with van der Waals surface area (Å²) in [6.45, 7) is 0. The average molecular weight is 291 g/mol. The van der Waals surface area contributed by atoms with E-state index in [9.17, 15) is 12.8 Å². The van der Waals surface area contributed by atoms with E-state index >= 15 is 0 Å². The summed E-state index contributed by atoms with van der Waals surface area (Å²) in [4.78, 5) is -0.244. The third-order valence-electron chi connectivity index (χ3n) is 2.55. The molecule has 102 valence electrons. The fourth-order valence-corrected chi connectivity index (χ4v) is 2.83. The number of anilines is 2. The molecule has 2 aromatic carbocycles. The van der Waals surface area contributed by atoms with Crippen LogP contribution in [0.4, 0.5) is 15.8 Å². The molecular weight excluding hydrogens is 281 g/mol. The number of hydrogen-bond donors (Lipinski definition) is 2. The summed E-state index contributed by atoms with van der Waals surface area (Å²) in [6, 6.07) is 11.0. The number of nitrogens with two attached hydrogens (primary N) is 1. The van der Waals surface area contributed by atoms with Gasteiger partial charge < -0.3 is 5.73 Å². The van der Waals surface area contributed by atoms with Gasteiger partial charge in [-0.3, -0.25) is 4.72 Å². The number of nitrogens with zero attached hydrogens (tertiary/aromatic N) is 1. The van der Waals surface area contributed by atoms with E-state index in [4.69, 9.17) is 11.0 Å². The van der Waals surface area contributed by atoms with Crippen molar-refractivity contribution in [3.63, 3.8) is 0 Å². The molecule has 0 amide bonds. The summed E-state index contributed by atoms with van der Waals surface area (Å²) in [6.07, 6.45) is 0. The Morgan fingerprint density at radius 3 is 2.55 bits per heavy atom. The van der Waals surface area contributed by atoms with Crippen molar-refractivity contribution in [2.75, 3.05) is 10.5 Å². The quantitative estimate of drug-likeness (QED) is 0.846. The van der Waals surface area contributed by atoms with Crippen LogP contribution in [0.5, 0.6) is 0 Å². The van der Waals surface area contributed by atoms with Crippen molar-refractivity contribution in [3.05, 3.63) is 53.8 Å². The van der Waals surface area contributed by atoms with E-state index in [2.05, 4.69) is 4.72 Å². The van der Waals surface area contributed by atoms with E-state index in [-0.39, 0.29) is 21.8 Å². The Kier molecular flexibility index (Phi) is 3.59. The lowest BCUT2D eigenvalue weighted by Gasteiger charge is -2.11. The summed E-state index contributed by atoms with van der Waals surface area (Å²) in [5, 5.41) is 8.92. The number of rotatable bonds is 3. The first kappa shape index (κ1) is 13.8. The third-order valence-corrected chi connectivity index (χ3v) is 3.99.